The first-order valence-electron chi connectivity index (χ1n) is 6.21. The lowest BCUT2D eigenvalue weighted by Crippen LogP contribution is -2.14. The van der Waals surface area contributed by atoms with Gasteiger partial charge in [0.2, 0.25) is 0 Å². The van der Waals surface area contributed by atoms with Gasteiger partial charge in [0.25, 0.3) is 0 Å². The summed E-state index contributed by atoms with van der Waals surface area (Å²) in [4.78, 5) is 4.42. The monoisotopic (exact) mass is 378 g/mol. The van der Waals surface area contributed by atoms with Crippen molar-refractivity contribution >= 4 is 33.5 Å². The first-order valence-corrected chi connectivity index (χ1v) is 7.29. The van der Waals surface area contributed by atoms with Gasteiger partial charge in [-0.15, -0.1) is 0 Å². The number of rotatable bonds is 2. The molecule has 4 heteroatoms. The molecule has 2 N–H and O–H groups in total. The molecule has 100 valence electrons. The van der Waals surface area contributed by atoms with E-state index in [4.69, 9.17) is 5.73 Å². The third kappa shape index (κ3) is 2.41. The SMILES string of the molecule is NC(c1ccc(F)cc1I)c1cccc2cccnc12. The van der Waals surface area contributed by atoms with Crippen molar-refractivity contribution in [2.24, 2.45) is 5.73 Å². The van der Waals surface area contributed by atoms with Gasteiger partial charge in [0.05, 0.1) is 11.6 Å². The van der Waals surface area contributed by atoms with Crippen LogP contribution in [0.2, 0.25) is 0 Å². The highest BCUT2D eigenvalue weighted by Gasteiger charge is 2.15. The third-order valence-corrected chi connectivity index (χ3v) is 4.23. The molecule has 1 unspecified atom stereocenters. The Morgan fingerprint density at radius 3 is 2.65 bits per heavy atom. The zero-order valence-electron chi connectivity index (χ0n) is 10.6. The van der Waals surface area contributed by atoms with Crippen molar-refractivity contribution in [2.75, 3.05) is 0 Å². The van der Waals surface area contributed by atoms with E-state index in [0.717, 1.165) is 25.6 Å². The van der Waals surface area contributed by atoms with Gasteiger partial charge in [-0.25, -0.2) is 4.39 Å². The molecule has 1 atom stereocenters. The van der Waals surface area contributed by atoms with E-state index < -0.39 is 0 Å². The van der Waals surface area contributed by atoms with Gasteiger partial charge in [0, 0.05) is 15.2 Å². The van der Waals surface area contributed by atoms with Crippen molar-refractivity contribution in [1.29, 1.82) is 0 Å². The summed E-state index contributed by atoms with van der Waals surface area (Å²) in [7, 11) is 0. The number of fused-ring (bicyclic) bond motifs is 1. The van der Waals surface area contributed by atoms with E-state index in [0.29, 0.717) is 0 Å². The molecule has 3 rings (SSSR count). The van der Waals surface area contributed by atoms with Gasteiger partial charge in [-0.05, 0) is 51.9 Å². The van der Waals surface area contributed by atoms with Gasteiger partial charge in [0.15, 0.2) is 0 Å². The molecule has 0 radical (unpaired) electrons. The zero-order chi connectivity index (χ0) is 14.1. The fraction of sp³-hybridized carbons (Fsp3) is 0.0625. The summed E-state index contributed by atoms with van der Waals surface area (Å²) in [5, 5.41) is 1.05. The second-order valence-corrected chi connectivity index (χ2v) is 5.73. The number of halogens is 2. The molecule has 0 saturated heterocycles. The van der Waals surface area contributed by atoms with Crippen LogP contribution in [0.1, 0.15) is 17.2 Å². The van der Waals surface area contributed by atoms with Crippen LogP contribution in [-0.2, 0) is 0 Å². The number of nitrogens with two attached hydrogens (primary N) is 1. The van der Waals surface area contributed by atoms with Crippen LogP contribution < -0.4 is 5.73 Å². The fourth-order valence-electron chi connectivity index (χ4n) is 2.30. The fourth-order valence-corrected chi connectivity index (χ4v) is 3.11. The molecule has 0 aliphatic carbocycles. The number of pyridine rings is 1. The molecule has 2 nitrogen and oxygen atoms in total. The van der Waals surface area contributed by atoms with Gasteiger partial charge >= 0.3 is 0 Å². The standard InChI is InChI=1S/C16H12FIN2/c17-11-6-7-12(14(18)9-11)15(19)13-5-1-3-10-4-2-8-20-16(10)13/h1-9,15H,19H2. The quantitative estimate of drug-likeness (QED) is 0.684. The molecule has 0 aliphatic heterocycles. The Balaban J connectivity index is 2.15. The van der Waals surface area contributed by atoms with Crippen LogP contribution >= 0.6 is 22.6 Å². The number of para-hydroxylation sites is 1. The number of nitrogens with zero attached hydrogens (tertiary/aromatic N) is 1. The zero-order valence-corrected chi connectivity index (χ0v) is 12.7. The maximum atomic E-state index is 13.2. The van der Waals surface area contributed by atoms with E-state index >= 15 is 0 Å². The van der Waals surface area contributed by atoms with Crippen molar-refractivity contribution < 1.29 is 4.39 Å². The Morgan fingerprint density at radius 2 is 1.85 bits per heavy atom. The number of hydrogen-bond donors (Lipinski definition) is 1. The summed E-state index contributed by atoms with van der Waals surface area (Å²) in [6, 6.07) is 14.2. The second kappa shape index (κ2) is 5.46. The summed E-state index contributed by atoms with van der Waals surface area (Å²) in [6.07, 6.45) is 1.76. The van der Waals surface area contributed by atoms with Crippen LogP contribution in [0.4, 0.5) is 4.39 Å². The molecule has 3 aromatic rings. The van der Waals surface area contributed by atoms with Crippen molar-refractivity contribution in [3.05, 3.63) is 75.2 Å². The molecule has 0 saturated carbocycles. The molecule has 1 heterocycles. The second-order valence-electron chi connectivity index (χ2n) is 4.57. The van der Waals surface area contributed by atoms with Crippen LogP contribution in [0.15, 0.2) is 54.7 Å². The van der Waals surface area contributed by atoms with Crippen molar-refractivity contribution in [1.82, 2.24) is 4.98 Å². The minimum Gasteiger partial charge on any atom is -0.320 e. The summed E-state index contributed by atoms with van der Waals surface area (Å²) in [5.74, 6) is -0.249. The Labute approximate surface area is 130 Å². The predicted molar refractivity (Wildman–Crippen MR) is 86.9 cm³/mol. The van der Waals surface area contributed by atoms with Crippen LogP contribution in [0, 0.1) is 9.39 Å². The highest BCUT2D eigenvalue weighted by atomic mass is 127. The highest BCUT2D eigenvalue weighted by molar-refractivity contribution is 14.1. The molecule has 0 aliphatic rings. The number of aromatic nitrogens is 1. The first kappa shape index (κ1) is 13.5. The van der Waals surface area contributed by atoms with E-state index in [9.17, 15) is 4.39 Å². The summed E-state index contributed by atoms with van der Waals surface area (Å²) in [5.41, 5.74) is 9.12. The minimum atomic E-state index is -0.318. The van der Waals surface area contributed by atoms with Crippen LogP contribution in [-0.4, -0.2) is 4.98 Å². The van der Waals surface area contributed by atoms with Gasteiger partial charge in [-0.2, -0.15) is 0 Å². The van der Waals surface area contributed by atoms with E-state index in [-0.39, 0.29) is 11.9 Å². The van der Waals surface area contributed by atoms with Crippen molar-refractivity contribution in [2.45, 2.75) is 6.04 Å². The van der Waals surface area contributed by atoms with Crippen LogP contribution in [0.25, 0.3) is 10.9 Å². The maximum Gasteiger partial charge on any atom is 0.124 e. The van der Waals surface area contributed by atoms with Crippen molar-refractivity contribution in [3.8, 4) is 0 Å². The Morgan fingerprint density at radius 1 is 1.05 bits per heavy atom. The number of hydrogen-bond acceptors (Lipinski definition) is 2. The number of benzene rings is 2. The Hall–Kier alpha value is -1.53. The molecule has 2 aromatic carbocycles. The average molecular weight is 378 g/mol. The predicted octanol–water partition coefficient (Wildman–Crippen LogP) is 4.03. The largest absolute Gasteiger partial charge is 0.320 e. The Kier molecular flexibility index (Phi) is 3.67. The molecular formula is C16H12FIN2. The summed E-state index contributed by atoms with van der Waals surface area (Å²) < 4.78 is 14.0. The van der Waals surface area contributed by atoms with Crippen molar-refractivity contribution in [3.63, 3.8) is 0 Å². The minimum absolute atomic E-state index is 0.249. The van der Waals surface area contributed by atoms with Gasteiger partial charge in [-0.3, -0.25) is 4.98 Å². The summed E-state index contributed by atoms with van der Waals surface area (Å²) in [6.45, 7) is 0. The van der Waals surface area contributed by atoms with E-state index in [2.05, 4.69) is 27.6 Å². The highest BCUT2D eigenvalue weighted by Crippen LogP contribution is 2.28. The first-order chi connectivity index (χ1) is 9.66. The topological polar surface area (TPSA) is 38.9 Å². The average Bonchev–Trinajstić information content (AvgIpc) is 2.46. The van der Waals surface area contributed by atoms with E-state index in [1.807, 2.05) is 30.3 Å². The molecule has 1 aromatic heterocycles. The molecule has 0 spiro atoms. The van der Waals surface area contributed by atoms with Gasteiger partial charge in [-0.1, -0.05) is 30.3 Å². The summed E-state index contributed by atoms with van der Waals surface area (Å²) >= 11 is 2.11. The Bertz CT molecular complexity index is 768. The lowest BCUT2D eigenvalue weighted by Gasteiger charge is -2.16. The van der Waals surface area contributed by atoms with Crippen LogP contribution in [0.5, 0.6) is 0 Å². The molecule has 0 amide bonds. The normalized spacial score (nSPS) is 12.6. The lowest BCUT2D eigenvalue weighted by atomic mass is 9.97. The van der Waals surface area contributed by atoms with Crippen LogP contribution in [0.3, 0.4) is 0 Å². The smallest absolute Gasteiger partial charge is 0.124 e. The lowest BCUT2D eigenvalue weighted by molar-refractivity contribution is 0.625. The van der Waals surface area contributed by atoms with Gasteiger partial charge in [0.1, 0.15) is 5.82 Å². The van der Waals surface area contributed by atoms with Gasteiger partial charge < -0.3 is 5.73 Å². The molecular weight excluding hydrogens is 366 g/mol. The third-order valence-electron chi connectivity index (χ3n) is 3.30. The molecule has 20 heavy (non-hydrogen) atoms. The molecule has 0 fully saturated rings. The maximum absolute atomic E-state index is 13.2. The van der Waals surface area contributed by atoms with E-state index in [1.54, 1.807) is 12.3 Å². The molecule has 0 bridgehead atoms. The van der Waals surface area contributed by atoms with E-state index in [1.165, 1.54) is 12.1 Å².